The van der Waals surface area contributed by atoms with Crippen molar-refractivity contribution in [3.8, 4) is 23.0 Å². The van der Waals surface area contributed by atoms with Crippen molar-refractivity contribution < 1.29 is 23.4 Å². The Morgan fingerprint density at radius 1 is 1.00 bits per heavy atom. The highest BCUT2D eigenvalue weighted by molar-refractivity contribution is 7.80. The third-order valence-corrected chi connectivity index (χ3v) is 5.53. The number of aryl methyl sites for hydroxylation is 1. The van der Waals surface area contributed by atoms with Crippen LogP contribution in [0.1, 0.15) is 11.1 Å². The number of halogens is 1. The second-order valence-electron chi connectivity index (χ2n) is 7.95. The van der Waals surface area contributed by atoms with Crippen molar-refractivity contribution in [2.45, 2.75) is 13.3 Å². The Morgan fingerprint density at radius 3 is 2.50 bits per heavy atom. The summed E-state index contributed by atoms with van der Waals surface area (Å²) in [5, 5.41) is 5.97. The van der Waals surface area contributed by atoms with Crippen molar-refractivity contribution >= 4 is 39.8 Å². The number of pyridine rings is 1. The van der Waals surface area contributed by atoms with Crippen LogP contribution in [-0.2, 0) is 11.2 Å². The molecule has 0 bridgehead atoms. The van der Waals surface area contributed by atoms with E-state index in [1.807, 2.05) is 31.2 Å². The molecule has 4 aromatic rings. The van der Waals surface area contributed by atoms with Crippen molar-refractivity contribution in [3.05, 3.63) is 83.8 Å². The van der Waals surface area contributed by atoms with E-state index in [1.165, 1.54) is 19.2 Å². The Kier molecular flexibility index (Phi) is 7.60. The van der Waals surface area contributed by atoms with Crippen LogP contribution in [-0.4, -0.2) is 30.2 Å². The fourth-order valence-corrected chi connectivity index (χ4v) is 3.88. The molecule has 2 N–H and O–H groups in total. The predicted octanol–water partition coefficient (Wildman–Crippen LogP) is 5.55. The fourth-order valence-electron chi connectivity index (χ4n) is 3.66. The van der Waals surface area contributed by atoms with Crippen LogP contribution in [0, 0.1) is 12.7 Å². The molecule has 36 heavy (non-hydrogen) atoms. The number of amides is 1. The third-order valence-electron chi connectivity index (χ3n) is 5.32. The van der Waals surface area contributed by atoms with Gasteiger partial charge in [0.1, 0.15) is 17.3 Å². The molecule has 1 amide bonds. The largest absolute Gasteiger partial charge is 0.493 e. The van der Waals surface area contributed by atoms with Crippen LogP contribution in [0.4, 0.5) is 10.1 Å². The number of hydrogen-bond acceptors (Lipinski definition) is 6. The number of fused-ring (bicyclic) bond motifs is 1. The number of carbonyl (C=O) groups is 1. The summed E-state index contributed by atoms with van der Waals surface area (Å²) in [7, 11) is 3.08. The molecule has 0 atom stereocenters. The van der Waals surface area contributed by atoms with Crippen molar-refractivity contribution in [1.29, 1.82) is 0 Å². The fraction of sp³-hybridized carbons (Fsp3) is 0.148. The average molecular weight is 506 g/mol. The Morgan fingerprint density at radius 2 is 1.78 bits per heavy atom. The highest BCUT2D eigenvalue weighted by Gasteiger charge is 2.13. The van der Waals surface area contributed by atoms with Gasteiger partial charge in [-0.25, -0.2) is 4.39 Å². The average Bonchev–Trinajstić information content (AvgIpc) is 2.85. The Hall–Kier alpha value is -4.24. The van der Waals surface area contributed by atoms with E-state index in [0.29, 0.717) is 28.2 Å². The first-order valence-electron chi connectivity index (χ1n) is 11.0. The van der Waals surface area contributed by atoms with Gasteiger partial charge in [-0.2, -0.15) is 0 Å². The summed E-state index contributed by atoms with van der Waals surface area (Å²) in [6.07, 6.45) is 1.75. The van der Waals surface area contributed by atoms with Crippen LogP contribution in [0.15, 0.2) is 66.9 Å². The smallest absolute Gasteiger partial charge is 0.230 e. The molecule has 1 aromatic heterocycles. The van der Waals surface area contributed by atoms with Gasteiger partial charge in [0.05, 0.1) is 31.8 Å². The lowest BCUT2D eigenvalue weighted by atomic mass is 10.1. The van der Waals surface area contributed by atoms with E-state index >= 15 is 0 Å². The molecule has 184 valence electrons. The van der Waals surface area contributed by atoms with E-state index in [-0.39, 0.29) is 28.9 Å². The summed E-state index contributed by atoms with van der Waals surface area (Å²) in [5.74, 6) is 0.912. The number of aromatic nitrogens is 1. The maximum absolute atomic E-state index is 14.8. The highest BCUT2D eigenvalue weighted by Crippen LogP contribution is 2.37. The normalized spacial score (nSPS) is 10.6. The molecule has 4 rings (SSSR count). The zero-order chi connectivity index (χ0) is 25.7. The number of benzene rings is 3. The van der Waals surface area contributed by atoms with E-state index in [9.17, 15) is 9.18 Å². The minimum atomic E-state index is -0.597. The number of nitrogens with zero attached hydrogens (tertiary/aromatic N) is 1. The van der Waals surface area contributed by atoms with E-state index in [2.05, 4.69) is 15.6 Å². The van der Waals surface area contributed by atoms with Gasteiger partial charge in [-0.1, -0.05) is 29.8 Å². The standard InChI is InChI=1S/C27H24FN3O4S/c1-16-5-4-6-17(11-16)12-26(32)31-27(36)30-21-8-7-18(13-20(21)28)35-23-9-10-29-22-15-25(34-3)24(33-2)14-19(22)23/h4-11,13-15H,12H2,1-3H3,(H2,30,31,32,36). The lowest BCUT2D eigenvalue weighted by Crippen LogP contribution is -2.35. The molecule has 0 aliphatic heterocycles. The number of anilines is 1. The summed E-state index contributed by atoms with van der Waals surface area (Å²) >= 11 is 5.18. The maximum Gasteiger partial charge on any atom is 0.230 e. The van der Waals surface area contributed by atoms with Gasteiger partial charge in [-0.15, -0.1) is 0 Å². The number of nitrogens with one attached hydrogen (secondary N) is 2. The van der Waals surface area contributed by atoms with E-state index in [0.717, 1.165) is 11.1 Å². The number of carbonyl (C=O) groups excluding carboxylic acids is 1. The van der Waals surface area contributed by atoms with Gasteiger partial charge < -0.3 is 24.8 Å². The predicted molar refractivity (Wildman–Crippen MR) is 141 cm³/mol. The molecule has 7 nitrogen and oxygen atoms in total. The molecule has 0 saturated heterocycles. The zero-order valence-corrected chi connectivity index (χ0v) is 20.7. The van der Waals surface area contributed by atoms with Gasteiger partial charge in [-0.05, 0) is 49.0 Å². The molecule has 3 aromatic carbocycles. The molecule has 0 unspecified atom stereocenters. The summed E-state index contributed by atoms with van der Waals surface area (Å²) in [6.45, 7) is 1.95. The number of rotatable bonds is 7. The van der Waals surface area contributed by atoms with Crippen molar-refractivity contribution in [3.63, 3.8) is 0 Å². The Balaban J connectivity index is 1.44. The lowest BCUT2D eigenvalue weighted by molar-refractivity contribution is -0.119. The van der Waals surface area contributed by atoms with Crippen LogP contribution in [0.25, 0.3) is 10.9 Å². The second kappa shape index (κ2) is 11.0. The van der Waals surface area contributed by atoms with Crippen LogP contribution in [0.2, 0.25) is 0 Å². The first-order chi connectivity index (χ1) is 17.4. The first-order valence-corrected chi connectivity index (χ1v) is 11.4. The van der Waals surface area contributed by atoms with Gasteiger partial charge in [-0.3, -0.25) is 9.78 Å². The number of ether oxygens (including phenoxy) is 3. The van der Waals surface area contributed by atoms with Crippen LogP contribution in [0.5, 0.6) is 23.0 Å². The topological polar surface area (TPSA) is 81.7 Å². The van der Waals surface area contributed by atoms with Crippen LogP contribution >= 0.6 is 12.2 Å². The molecule has 0 aliphatic carbocycles. The quantitative estimate of drug-likeness (QED) is 0.319. The zero-order valence-electron chi connectivity index (χ0n) is 19.9. The van der Waals surface area contributed by atoms with Gasteiger partial charge in [0, 0.05) is 23.7 Å². The number of methoxy groups -OCH3 is 2. The van der Waals surface area contributed by atoms with Crippen LogP contribution < -0.4 is 24.8 Å². The van der Waals surface area contributed by atoms with E-state index in [1.54, 1.807) is 37.6 Å². The Labute approximate surface area is 213 Å². The first kappa shape index (κ1) is 24.9. The molecule has 1 heterocycles. The monoisotopic (exact) mass is 505 g/mol. The molecule has 0 spiro atoms. The van der Waals surface area contributed by atoms with Crippen molar-refractivity contribution in [2.24, 2.45) is 0 Å². The highest BCUT2D eigenvalue weighted by atomic mass is 32.1. The van der Waals surface area contributed by atoms with Gasteiger partial charge in [0.25, 0.3) is 0 Å². The minimum absolute atomic E-state index is 0.00129. The molecule has 0 saturated carbocycles. The van der Waals surface area contributed by atoms with Crippen LogP contribution in [0.3, 0.4) is 0 Å². The van der Waals surface area contributed by atoms with E-state index < -0.39 is 5.82 Å². The van der Waals surface area contributed by atoms with Crippen molar-refractivity contribution in [2.75, 3.05) is 19.5 Å². The number of thiocarbonyl (C=S) groups is 1. The summed E-state index contributed by atoms with van der Waals surface area (Å²) in [5.41, 5.74) is 2.66. The summed E-state index contributed by atoms with van der Waals surface area (Å²) < 4.78 is 31.4. The molecule has 9 heteroatoms. The Bertz CT molecular complexity index is 1440. The number of hydrogen-bond donors (Lipinski definition) is 2. The molecule has 0 radical (unpaired) electrons. The molecular weight excluding hydrogens is 481 g/mol. The minimum Gasteiger partial charge on any atom is -0.493 e. The molecule has 0 aliphatic rings. The molecule has 0 fully saturated rings. The molecular formula is C27H24FN3O4S. The summed E-state index contributed by atoms with van der Waals surface area (Å²) in [6, 6.07) is 17.1. The maximum atomic E-state index is 14.8. The van der Waals surface area contributed by atoms with Gasteiger partial charge >= 0.3 is 0 Å². The third kappa shape index (κ3) is 5.87. The SMILES string of the molecule is COc1cc2nccc(Oc3ccc(NC(=S)NC(=O)Cc4cccc(C)c4)c(F)c3)c2cc1OC. The van der Waals surface area contributed by atoms with E-state index in [4.69, 9.17) is 26.4 Å². The summed E-state index contributed by atoms with van der Waals surface area (Å²) in [4.78, 5) is 16.6. The van der Waals surface area contributed by atoms with Crippen molar-refractivity contribution in [1.82, 2.24) is 10.3 Å². The van der Waals surface area contributed by atoms with Gasteiger partial charge in [0.15, 0.2) is 16.6 Å². The van der Waals surface area contributed by atoms with Gasteiger partial charge in [0.2, 0.25) is 5.91 Å². The lowest BCUT2D eigenvalue weighted by Gasteiger charge is -2.14. The second-order valence-corrected chi connectivity index (χ2v) is 8.35.